The van der Waals surface area contributed by atoms with E-state index in [4.69, 9.17) is 0 Å². The van der Waals surface area contributed by atoms with Crippen molar-refractivity contribution in [3.8, 4) is 0 Å². The van der Waals surface area contributed by atoms with E-state index in [1.54, 1.807) is 11.8 Å². The summed E-state index contributed by atoms with van der Waals surface area (Å²) in [6.45, 7) is 4.26. The molecule has 2 heteroatoms. The Morgan fingerprint density at radius 2 is 1.87 bits per heavy atom. The Labute approximate surface area is 96.9 Å². The van der Waals surface area contributed by atoms with Crippen molar-refractivity contribution in [3.63, 3.8) is 0 Å². The highest BCUT2D eigenvalue weighted by Crippen LogP contribution is 2.25. The van der Waals surface area contributed by atoms with Crippen LogP contribution in [0.15, 0.2) is 29.2 Å². The lowest BCUT2D eigenvalue weighted by Gasteiger charge is -2.09. The first kappa shape index (κ1) is 12.6. The van der Waals surface area contributed by atoms with Crippen LogP contribution < -0.4 is 0 Å². The van der Waals surface area contributed by atoms with Crippen molar-refractivity contribution < 1.29 is 5.11 Å². The molecule has 0 aromatic heterocycles. The van der Waals surface area contributed by atoms with Gasteiger partial charge in [-0.2, -0.15) is 0 Å². The van der Waals surface area contributed by atoms with E-state index in [1.165, 1.54) is 18.4 Å². The molecule has 1 rings (SSSR count). The second kappa shape index (κ2) is 6.91. The Hall–Kier alpha value is -0.470. The van der Waals surface area contributed by atoms with Gasteiger partial charge in [0.05, 0.1) is 0 Å². The third-order valence-electron chi connectivity index (χ3n) is 2.35. The van der Waals surface area contributed by atoms with E-state index >= 15 is 0 Å². The summed E-state index contributed by atoms with van der Waals surface area (Å²) in [6.07, 6.45) is 4.44. The number of hydrogen-bond acceptors (Lipinski definition) is 2. The molecule has 1 N–H and O–H groups in total. The van der Waals surface area contributed by atoms with Gasteiger partial charge in [0, 0.05) is 4.90 Å². The van der Waals surface area contributed by atoms with Crippen LogP contribution in [0.1, 0.15) is 38.2 Å². The van der Waals surface area contributed by atoms with Crippen LogP contribution in [-0.2, 0) is 0 Å². The Balaban J connectivity index is 2.31. The van der Waals surface area contributed by atoms with E-state index in [0.717, 1.165) is 17.7 Å². The monoisotopic (exact) mass is 224 g/mol. The fourth-order valence-electron chi connectivity index (χ4n) is 1.40. The number of aliphatic hydroxyl groups is 1. The normalized spacial score (nSPS) is 12.7. The summed E-state index contributed by atoms with van der Waals surface area (Å²) in [6, 6.07) is 8.31. The second-order valence-corrected chi connectivity index (χ2v) is 5.13. The molecular formula is C13H20OS. The summed E-state index contributed by atoms with van der Waals surface area (Å²) >= 11 is 1.56. The van der Waals surface area contributed by atoms with Crippen LogP contribution in [0.3, 0.4) is 0 Å². The minimum Gasteiger partial charge on any atom is -0.382 e. The van der Waals surface area contributed by atoms with Crippen molar-refractivity contribution >= 4 is 11.8 Å². The molecule has 15 heavy (non-hydrogen) atoms. The molecule has 0 saturated heterocycles. The molecule has 0 bridgehead atoms. The third kappa shape index (κ3) is 5.24. The molecule has 0 spiro atoms. The Morgan fingerprint density at radius 1 is 1.20 bits per heavy atom. The summed E-state index contributed by atoms with van der Waals surface area (Å²) in [5.41, 5.74) is 1.01. The summed E-state index contributed by atoms with van der Waals surface area (Å²) < 4.78 is 0. The zero-order valence-electron chi connectivity index (χ0n) is 9.57. The number of hydrogen-bond donors (Lipinski definition) is 1. The van der Waals surface area contributed by atoms with Crippen molar-refractivity contribution in [1.82, 2.24) is 0 Å². The maximum Gasteiger partial charge on any atom is 0.104 e. The average Bonchev–Trinajstić information content (AvgIpc) is 2.22. The van der Waals surface area contributed by atoms with Crippen LogP contribution in [0, 0.1) is 6.92 Å². The zero-order valence-corrected chi connectivity index (χ0v) is 10.4. The Bertz CT molecular complexity index is 268. The second-order valence-electron chi connectivity index (χ2n) is 3.88. The van der Waals surface area contributed by atoms with Gasteiger partial charge in [-0.15, -0.1) is 0 Å². The molecule has 84 valence electrons. The topological polar surface area (TPSA) is 20.2 Å². The van der Waals surface area contributed by atoms with Crippen LogP contribution in [0.25, 0.3) is 0 Å². The molecule has 0 amide bonds. The van der Waals surface area contributed by atoms with Gasteiger partial charge >= 0.3 is 0 Å². The van der Waals surface area contributed by atoms with Gasteiger partial charge in [-0.1, -0.05) is 55.6 Å². The van der Waals surface area contributed by atoms with Gasteiger partial charge in [0.25, 0.3) is 0 Å². The number of aryl methyl sites for hydroxylation is 1. The minimum absolute atomic E-state index is 0.251. The van der Waals surface area contributed by atoms with E-state index in [2.05, 4.69) is 38.1 Å². The van der Waals surface area contributed by atoms with Gasteiger partial charge < -0.3 is 5.11 Å². The first-order valence-corrected chi connectivity index (χ1v) is 6.51. The Kier molecular flexibility index (Phi) is 5.81. The van der Waals surface area contributed by atoms with Gasteiger partial charge in [-0.05, 0) is 25.5 Å². The molecule has 0 radical (unpaired) electrons. The molecule has 1 atom stereocenters. The molecule has 1 aromatic carbocycles. The maximum atomic E-state index is 9.76. The minimum atomic E-state index is -0.251. The van der Waals surface area contributed by atoms with Crippen LogP contribution in [0.4, 0.5) is 0 Å². The van der Waals surface area contributed by atoms with Crippen molar-refractivity contribution in [1.29, 1.82) is 0 Å². The van der Waals surface area contributed by atoms with Crippen LogP contribution in [-0.4, -0.2) is 10.5 Å². The number of benzene rings is 1. The number of thioether (sulfide) groups is 1. The molecule has 1 nitrogen and oxygen atoms in total. The van der Waals surface area contributed by atoms with E-state index in [1.807, 2.05) is 0 Å². The standard InChI is InChI=1S/C13H20OS/c1-3-4-5-6-13(14)15-12-9-7-11(2)8-10-12/h7-10,13-14H,3-6H2,1-2H3. The van der Waals surface area contributed by atoms with E-state index in [0.29, 0.717) is 0 Å². The van der Waals surface area contributed by atoms with Gasteiger partial charge in [0.2, 0.25) is 0 Å². The van der Waals surface area contributed by atoms with E-state index in [-0.39, 0.29) is 5.44 Å². The third-order valence-corrected chi connectivity index (χ3v) is 3.40. The number of unbranched alkanes of at least 4 members (excludes halogenated alkanes) is 2. The van der Waals surface area contributed by atoms with Crippen LogP contribution in [0.5, 0.6) is 0 Å². The fourth-order valence-corrected chi connectivity index (χ4v) is 2.29. The number of aliphatic hydroxyl groups excluding tert-OH is 1. The van der Waals surface area contributed by atoms with Crippen molar-refractivity contribution in [3.05, 3.63) is 29.8 Å². The highest BCUT2D eigenvalue weighted by atomic mass is 32.2. The van der Waals surface area contributed by atoms with E-state index < -0.39 is 0 Å². The van der Waals surface area contributed by atoms with Crippen molar-refractivity contribution in [2.24, 2.45) is 0 Å². The Morgan fingerprint density at radius 3 is 2.47 bits per heavy atom. The summed E-state index contributed by atoms with van der Waals surface area (Å²) in [5.74, 6) is 0. The first-order valence-electron chi connectivity index (χ1n) is 5.63. The molecule has 0 aliphatic heterocycles. The van der Waals surface area contributed by atoms with Gasteiger partial charge in [-0.25, -0.2) is 0 Å². The molecule has 0 heterocycles. The zero-order chi connectivity index (χ0) is 11.1. The van der Waals surface area contributed by atoms with Crippen molar-refractivity contribution in [2.75, 3.05) is 0 Å². The predicted octanol–water partition coefficient (Wildman–Crippen LogP) is 3.99. The van der Waals surface area contributed by atoms with Gasteiger partial charge in [0.1, 0.15) is 5.44 Å². The SMILES string of the molecule is CCCCCC(O)Sc1ccc(C)cc1. The molecule has 0 saturated carbocycles. The lowest BCUT2D eigenvalue weighted by Crippen LogP contribution is -1.99. The molecule has 0 aliphatic rings. The maximum absolute atomic E-state index is 9.76. The molecular weight excluding hydrogens is 204 g/mol. The summed E-state index contributed by atoms with van der Waals surface area (Å²) in [7, 11) is 0. The number of rotatable bonds is 6. The average molecular weight is 224 g/mol. The van der Waals surface area contributed by atoms with Gasteiger partial charge in [-0.3, -0.25) is 0 Å². The lowest BCUT2D eigenvalue weighted by molar-refractivity contribution is 0.248. The first-order chi connectivity index (χ1) is 7.22. The quantitative estimate of drug-likeness (QED) is 0.448. The molecule has 1 aromatic rings. The largest absolute Gasteiger partial charge is 0.382 e. The summed E-state index contributed by atoms with van der Waals surface area (Å²) in [5, 5.41) is 9.76. The molecule has 0 aliphatic carbocycles. The smallest absolute Gasteiger partial charge is 0.104 e. The lowest BCUT2D eigenvalue weighted by atomic mass is 10.2. The van der Waals surface area contributed by atoms with E-state index in [9.17, 15) is 5.11 Å². The molecule has 0 fully saturated rings. The van der Waals surface area contributed by atoms with Crippen LogP contribution in [0.2, 0.25) is 0 Å². The highest BCUT2D eigenvalue weighted by Gasteiger charge is 2.05. The fraction of sp³-hybridized carbons (Fsp3) is 0.538. The molecule has 1 unspecified atom stereocenters. The van der Waals surface area contributed by atoms with Gasteiger partial charge in [0.15, 0.2) is 0 Å². The van der Waals surface area contributed by atoms with Crippen LogP contribution >= 0.6 is 11.8 Å². The van der Waals surface area contributed by atoms with Crippen molar-refractivity contribution in [2.45, 2.75) is 49.9 Å². The predicted molar refractivity (Wildman–Crippen MR) is 67.2 cm³/mol. The highest BCUT2D eigenvalue weighted by molar-refractivity contribution is 7.99. The summed E-state index contributed by atoms with van der Waals surface area (Å²) in [4.78, 5) is 1.16.